The number of amides is 4. The van der Waals surface area contributed by atoms with Crippen LogP contribution in [0.2, 0.25) is 5.02 Å². The van der Waals surface area contributed by atoms with Gasteiger partial charge in [-0.25, -0.2) is 0 Å². The Morgan fingerprint density at radius 3 is 2.08 bits per heavy atom. The predicted molar refractivity (Wildman–Crippen MR) is 248 cm³/mol. The molecule has 66 heavy (non-hydrogen) atoms. The van der Waals surface area contributed by atoms with Gasteiger partial charge in [0.05, 0.1) is 34.9 Å². The maximum atomic E-state index is 13.9. The number of likely N-dealkylation sites (tertiary alicyclic amines) is 1. The number of aliphatic hydroxyl groups is 1. The highest BCUT2D eigenvalue weighted by atomic mass is 35.5. The van der Waals surface area contributed by atoms with Crippen molar-refractivity contribution in [3.05, 3.63) is 118 Å². The number of hydrogen-bond donors (Lipinski definition) is 4. The van der Waals surface area contributed by atoms with Gasteiger partial charge in [0.2, 0.25) is 17.7 Å². The highest BCUT2D eigenvalue weighted by Crippen LogP contribution is 2.55. The third kappa shape index (κ3) is 11.3. The average Bonchev–Trinajstić information content (AvgIpc) is 3.69. The van der Waals surface area contributed by atoms with Crippen molar-refractivity contribution in [3.8, 4) is 34.8 Å². The molecule has 2 fully saturated rings. The first-order valence-electron chi connectivity index (χ1n) is 21.9. The number of nitrogens with one attached hydrogen (secondary N) is 3. The molecule has 4 aromatic carbocycles. The van der Waals surface area contributed by atoms with Gasteiger partial charge in [-0.3, -0.25) is 19.2 Å². The maximum Gasteiger partial charge on any atom is 0.251 e. The first-order valence-corrected chi connectivity index (χ1v) is 22.2. The molecule has 0 bridgehead atoms. The van der Waals surface area contributed by atoms with Crippen LogP contribution in [0.4, 0.5) is 0 Å². The number of nitrogens with zero attached hydrogens (tertiary/aromatic N) is 3. The van der Waals surface area contributed by atoms with Gasteiger partial charge in [-0.1, -0.05) is 96.5 Å². The Labute approximate surface area is 391 Å². The summed E-state index contributed by atoms with van der Waals surface area (Å²) in [5, 5.41) is 37.9. The van der Waals surface area contributed by atoms with Crippen LogP contribution < -0.4 is 25.4 Å². The minimum Gasteiger partial charge on any atom is -0.491 e. The van der Waals surface area contributed by atoms with Gasteiger partial charge in [0, 0.05) is 48.0 Å². The lowest BCUT2D eigenvalue weighted by Gasteiger charge is -2.63. The Kier molecular flexibility index (Phi) is 15.1. The van der Waals surface area contributed by atoms with E-state index in [1.165, 1.54) is 4.90 Å². The SMILES string of the molecule is CC1(C)C(NC(=O)c2ccc(-c3ccc(OCCOCC(=O)N[C@H](C(=O)N4C[C@H](O)C[C@H]4C(=O)NCc4ccc(C#N)cc4)C(C)(C)C)cc3)cc2)C(C)(C)C1Oc1ccc(C#N)c(Cl)c1. The number of ether oxygens (including phenoxy) is 3. The molecule has 4 amide bonds. The Morgan fingerprint density at radius 2 is 1.48 bits per heavy atom. The van der Waals surface area contributed by atoms with Crippen LogP contribution in [0.25, 0.3) is 11.1 Å². The molecule has 1 saturated carbocycles. The molecule has 0 radical (unpaired) electrons. The summed E-state index contributed by atoms with van der Waals surface area (Å²) >= 11 is 6.24. The number of nitriles is 2. The zero-order valence-corrected chi connectivity index (χ0v) is 39.1. The average molecular weight is 918 g/mol. The molecule has 1 saturated heterocycles. The number of rotatable bonds is 16. The van der Waals surface area contributed by atoms with Crippen LogP contribution in [0.15, 0.2) is 91.0 Å². The number of aliphatic hydroxyl groups excluding tert-OH is 1. The number of hydrogen-bond acceptors (Lipinski definition) is 10. The van der Waals surface area contributed by atoms with Gasteiger partial charge in [-0.15, -0.1) is 0 Å². The molecule has 6 rings (SSSR count). The minimum absolute atomic E-state index is 0.0483. The molecule has 0 aromatic heterocycles. The highest BCUT2D eigenvalue weighted by molar-refractivity contribution is 6.31. The smallest absolute Gasteiger partial charge is 0.251 e. The molecule has 1 aliphatic heterocycles. The van der Waals surface area contributed by atoms with E-state index in [0.717, 1.165) is 16.7 Å². The van der Waals surface area contributed by atoms with E-state index in [2.05, 4.69) is 55.8 Å². The third-order valence-electron chi connectivity index (χ3n) is 12.3. The lowest BCUT2D eigenvalue weighted by Crippen LogP contribution is -2.74. The van der Waals surface area contributed by atoms with E-state index in [0.29, 0.717) is 33.2 Å². The molecular formula is C51H57ClN6O8. The largest absolute Gasteiger partial charge is 0.491 e. The minimum atomic E-state index is -1.000. The summed E-state index contributed by atoms with van der Waals surface area (Å²) in [7, 11) is 0. The molecule has 346 valence electrons. The third-order valence-corrected chi connectivity index (χ3v) is 12.6. The summed E-state index contributed by atoms with van der Waals surface area (Å²) < 4.78 is 17.8. The lowest BCUT2D eigenvalue weighted by molar-refractivity contribution is -0.164. The van der Waals surface area contributed by atoms with Crippen molar-refractivity contribution in [3.63, 3.8) is 0 Å². The fourth-order valence-corrected chi connectivity index (χ4v) is 9.29. The van der Waals surface area contributed by atoms with E-state index < -0.39 is 52.2 Å². The second kappa shape index (κ2) is 20.4. The molecule has 2 aliphatic rings. The zero-order chi connectivity index (χ0) is 48.0. The summed E-state index contributed by atoms with van der Waals surface area (Å²) in [6.45, 7) is 13.7. The van der Waals surface area contributed by atoms with Crippen molar-refractivity contribution in [2.45, 2.75) is 91.8 Å². The molecular weight excluding hydrogens is 860 g/mol. The van der Waals surface area contributed by atoms with Gasteiger partial charge in [-0.2, -0.15) is 10.5 Å². The van der Waals surface area contributed by atoms with Gasteiger partial charge >= 0.3 is 0 Å². The molecule has 4 aromatic rings. The number of carbonyl (C=O) groups excluding carboxylic acids is 4. The first-order chi connectivity index (χ1) is 31.2. The lowest BCUT2D eigenvalue weighted by atomic mass is 9.49. The number of halogens is 1. The van der Waals surface area contributed by atoms with Gasteiger partial charge in [0.25, 0.3) is 5.91 Å². The Hall–Kier alpha value is -6.45. The molecule has 0 unspecified atom stereocenters. The van der Waals surface area contributed by atoms with Gasteiger partial charge < -0.3 is 40.2 Å². The van der Waals surface area contributed by atoms with Crippen LogP contribution in [0, 0.1) is 38.9 Å². The Morgan fingerprint density at radius 1 is 0.864 bits per heavy atom. The van der Waals surface area contributed by atoms with E-state index in [4.69, 9.17) is 31.1 Å². The monoisotopic (exact) mass is 916 g/mol. The van der Waals surface area contributed by atoms with Crippen LogP contribution in [0.1, 0.15) is 81.9 Å². The van der Waals surface area contributed by atoms with Crippen LogP contribution in [0.3, 0.4) is 0 Å². The molecule has 4 N–H and O–H groups in total. The van der Waals surface area contributed by atoms with E-state index in [-0.39, 0.29) is 57.4 Å². The predicted octanol–water partition coefficient (Wildman–Crippen LogP) is 6.57. The quantitative estimate of drug-likeness (QED) is 0.0891. The van der Waals surface area contributed by atoms with Crippen LogP contribution in [-0.2, 0) is 25.7 Å². The molecule has 0 spiro atoms. The zero-order valence-electron chi connectivity index (χ0n) is 38.3. The van der Waals surface area contributed by atoms with Crippen molar-refractivity contribution in [2.75, 3.05) is 26.4 Å². The van der Waals surface area contributed by atoms with Gasteiger partial charge in [0.15, 0.2) is 0 Å². The number of benzene rings is 4. The number of β-amino-alcohol motifs (C(OH)–C–C–N with tert-alkyl or cyclic N) is 1. The maximum absolute atomic E-state index is 13.9. The van der Waals surface area contributed by atoms with Crippen molar-refractivity contribution in [1.82, 2.24) is 20.9 Å². The second-order valence-corrected chi connectivity index (χ2v) is 19.5. The molecule has 15 heteroatoms. The molecule has 14 nitrogen and oxygen atoms in total. The fourth-order valence-electron chi connectivity index (χ4n) is 9.08. The van der Waals surface area contributed by atoms with E-state index >= 15 is 0 Å². The van der Waals surface area contributed by atoms with E-state index in [9.17, 15) is 29.5 Å². The second-order valence-electron chi connectivity index (χ2n) is 19.1. The number of carbonyl (C=O) groups is 4. The van der Waals surface area contributed by atoms with E-state index in [1.807, 2.05) is 36.4 Å². The summed E-state index contributed by atoms with van der Waals surface area (Å²) in [4.78, 5) is 54.9. The van der Waals surface area contributed by atoms with Crippen LogP contribution >= 0.6 is 11.6 Å². The van der Waals surface area contributed by atoms with Crippen molar-refractivity contribution >= 4 is 35.2 Å². The summed E-state index contributed by atoms with van der Waals surface area (Å²) in [5.74, 6) is -0.441. The summed E-state index contributed by atoms with van der Waals surface area (Å²) in [5.41, 5.74) is 2.50. The van der Waals surface area contributed by atoms with Crippen molar-refractivity contribution < 1.29 is 38.5 Å². The van der Waals surface area contributed by atoms with Crippen LogP contribution in [-0.4, -0.2) is 90.3 Å². The summed E-state index contributed by atoms with van der Waals surface area (Å²) in [6.07, 6.45) is -1.06. The normalized spacial score (nSPS) is 19.8. The van der Waals surface area contributed by atoms with Crippen molar-refractivity contribution in [1.29, 1.82) is 10.5 Å². The topological polar surface area (TPSA) is 203 Å². The first kappa shape index (κ1) is 49.0. The molecule has 3 atom stereocenters. The molecule has 1 heterocycles. The summed E-state index contributed by atoms with van der Waals surface area (Å²) in [6, 6.07) is 28.6. The van der Waals surface area contributed by atoms with Gasteiger partial charge in [0.1, 0.15) is 49.0 Å². The molecule has 1 aliphatic carbocycles. The highest BCUT2D eigenvalue weighted by Gasteiger charge is 2.64. The Balaban J connectivity index is 0.936. The standard InChI is InChI=1S/C51H57ClN6O8/c1-49(2,3)43(46(63)58-29-37(59)24-41(58)45(62)55-28-32-10-8-31(26-53)9-11-32)56-42(60)30-64-22-23-65-38-19-16-34(17-20-38)33-12-14-35(15-13-33)44(61)57-47-50(4,5)48(51(47,6)7)66-39-21-18-36(27-54)40(52)25-39/h8-21,25,37,41,43,47-48,59H,22-24,28-30H2,1-7H3,(H,55,62)(H,56,60)(H,57,61)/t37-,41+,43-,47?,48?/m1/s1. The van der Waals surface area contributed by atoms with Crippen LogP contribution in [0.5, 0.6) is 11.5 Å². The fraction of sp³-hybridized carbons (Fsp3) is 0.412. The van der Waals surface area contributed by atoms with Gasteiger partial charge in [-0.05, 0) is 70.6 Å². The Bertz CT molecular complexity index is 2470. The van der Waals surface area contributed by atoms with E-state index in [1.54, 1.807) is 75.4 Å². The van der Waals surface area contributed by atoms with Crippen molar-refractivity contribution in [2.24, 2.45) is 16.2 Å².